The number of benzene rings is 2. The minimum Gasteiger partial charge on any atom is -0.349 e. The summed E-state index contributed by atoms with van der Waals surface area (Å²) >= 11 is 0. The average molecular weight is 511 g/mol. The maximum Gasteiger partial charge on any atom is 0.226 e. The van der Waals surface area contributed by atoms with E-state index in [1.54, 1.807) is 0 Å². The zero-order valence-corrected chi connectivity index (χ0v) is 23.2. The van der Waals surface area contributed by atoms with Crippen molar-refractivity contribution in [3.05, 3.63) is 83.6 Å². The molecule has 38 heavy (non-hydrogen) atoms. The summed E-state index contributed by atoms with van der Waals surface area (Å²) in [5.74, 6) is 2.33. The van der Waals surface area contributed by atoms with E-state index in [-0.39, 0.29) is 34.6 Å². The first-order chi connectivity index (χ1) is 18.3. The molecule has 3 fully saturated rings. The molecule has 2 saturated carbocycles. The lowest BCUT2D eigenvalue weighted by atomic mass is 9.49. The zero-order chi connectivity index (χ0) is 26.5. The first kappa shape index (κ1) is 25.4. The molecule has 0 aromatic heterocycles. The minimum atomic E-state index is -0.0283. The SMILES string of the molecule is CN1C(=O)CC[C@@]2(C)C1=CC[C@H]1[C@@H]3CC[C@H](C(=O)N[C@H](Cc4ccccc4)c4ccccc4)[C@@]3(C)CC[C@@H]12. The molecule has 1 N–H and O–H groups in total. The first-order valence-electron chi connectivity index (χ1n) is 14.7. The van der Waals surface area contributed by atoms with Crippen LogP contribution in [0.25, 0.3) is 0 Å². The van der Waals surface area contributed by atoms with Crippen molar-refractivity contribution >= 4 is 11.8 Å². The van der Waals surface area contributed by atoms with Gasteiger partial charge in [-0.1, -0.05) is 80.6 Å². The van der Waals surface area contributed by atoms with Gasteiger partial charge in [0.15, 0.2) is 0 Å². The molecule has 200 valence electrons. The van der Waals surface area contributed by atoms with E-state index in [1.807, 2.05) is 24.1 Å². The second-order valence-electron chi connectivity index (χ2n) is 12.9. The van der Waals surface area contributed by atoms with Crippen molar-refractivity contribution in [3.8, 4) is 0 Å². The molecular formula is C34H42N2O2. The predicted octanol–water partition coefficient (Wildman–Crippen LogP) is 6.69. The van der Waals surface area contributed by atoms with E-state index in [2.05, 4.69) is 73.8 Å². The van der Waals surface area contributed by atoms with Crippen LogP contribution in [0.1, 0.15) is 76.0 Å². The highest BCUT2D eigenvalue weighted by atomic mass is 16.2. The Morgan fingerprint density at radius 3 is 2.42 bits per heavy atom. The molecule has 1 saturated heterocycles. The number of nitrogens with zero attached hydrogens (tertiary/aromatic N) is 1. The lowest BCUT2D eigenvalue weighted by Crippen LogP contribution is -2.54. The Morgan fingerprint density at radius 2 is 1.68 bits per heavy atom. The third kappa shape index (κ3) is 4.12. The van der Waals surface area contributed by atoms with Crippen LogP contribution in [0.4, 0.5) is 0 Å². The van der Waals surface area contributed by atoms with Gasteiger partial charge in [0.1, 0.15) is 0 Å². The normalized spacial score (nSPS) is 35.0. The summed E-state index contributed by atoms with van der Waals surface area (Å²) in [6, 6.07) is 20.9. The van der Waals surface area contributed by atoms with Crippen molar-refractivity contribution in [2.24, 2.45) is 34.5 Å². The number of carbonyl (C=O) groups excluding carboxylic acids is 2. The molecule has 1 aliphatic heterocycles. The number of rotatable bonds is 5. The fourth-order valence-electron chi connectivity index (χ4n) is 9.07. The third-order valence-corrected chi connectivity index (χ3v) is 11.1. The van der Waals surface area contributed by atoms with E-state index in [0.29, 0.717) is 24.2 Å². The van der Waals surface area contributed by atoms with Crippen LogP contribution in [0, 0.1) is 34.5 Å². The summed E-state index contributed by atoms with van der Waals surface area (Å²) in [7, 11) is 1.97. The van der Waals surface area contributed by atoms with Crippen LogP contribution < -0.4 is 5.32 Å². The second-order valence-corrected chi connectivity index (χ2v) is 12.9. The summed E-state index contributed by atoms with van der Waals surface area (Å²) in [4.78, 5) is 28.4. The Hall–Kier alpha value is -2.88. The van der Waals surface area contributed by atoms with Crippen molar-refractivity contribution in [3.63, 3.8) is 0 Å². The molecule has 1 heterocycles. The smallest absolute Gasteiger partial charge is 0.226 e. The van der Waals surface area contributed by atoms with Crippen molar-refractivity contribution in [1.29, 1.82) is 0 Å². The molecule has 0 bridgehead atoms. The Labute approximate surface area is 227 Å². The van der Waals surface area contributed by atoms with E-state index in [9.17, 15) is 9.59 Å². The standard InChI is InChI=1S/C34H42N2O2/c1-33-20-18-27-25(14-17-30-34(27,2)21-19-31(37)36(30)3)26(33)15-16-28(33)32(38)35-29(24-12-8-5-9-13-24)22-23-10-6-4-7-11-23/h4-13,17,25-29H,14-16,18-22H2,1-3H3,(H,35,38)/t25-,26-,27-,28+,29+,33-,34+/m0/s1. The molecule has 0 unspecified atom stereocenters. The number of piperidine rings is 1. The molecule has 7 atom stereocenters. The van der Waals surface area contributed by atoms with Crippen LogP contribution in [-0.2, 0) is 16.0 Å². The third-order valence-electron chi connectivity index (χ3n) is 11.1. The van der Waals surface area contributed by atoms with Gasteiger partial charge < -0.3 is 10.2 Å². The van der Waals surface area contributed by atoms with Gasteiger partial charge in [-0.15, -0.1) is 0 Å². The van der Waals surface area contributed by atoms with Crippen molar-refractivity contribution < 1.29 is 9.59 Å². The first-order valence-corrected chi connectivity index (χ1v) is 14.7. The second kappa shape index (κ2) is 9.70. The van der Waals surface area contributed by atoms with Crippen LogP contribution in [0.15, 0.2) is 72.4 Å². The Kier molecular flexibility index (Phi) is 6.48. The largest absolute Gasteiger partial charge is 0.349 e. The van der Waals surface area contributed by atoms with E-state index >= 15 is 0 Å². The van der Waals surface area contributed by atoms with Gasteiger partial charge in [-0.05, 0) is 79.2 Å². The number of hydrogen-bond donors (Lipinski definition) is 1. The fraction of sp³-hybridized carbons (Fsp3) is 0.529. The van der Waals surface area contributed by atoms with Gasteiger partial charge in [-0.2, -0.15) is 0 Å². The topological polar surface area (TPSA) is 49.4 Å². The number of fused-ring (bicyclic) bond motifs is 5. The van der Waals surface area contributed by atoms with Gasteiger partial charge in [-0.3, -0.25) is 9.59 Å². The maximum atomic E-state index is 14.0. The number of likely N-dealkylation sites (tertiary alicyclic amines) is 1. The summed E-state index contributed by atoms with van der Waals surface area (Å²) in [5.41, 5.74) is 3.80. The highest BCUT2D eigenvalue weighted by Crippen LogP contribution is 2.66. The maximum absolute atomic E-state index is 14.0. The van der Waals surface area contributed by atoms with Gasteiger partial charge in [-0.25, -0.2) is 0 Å². The average Bonchev–Trinajstić information content (AvgIpc) is 3.29. The highest BCUT2D eigenvalue weighted by Gasteiger charge is 2.60. The van der Waals surface area contributed by atoms with Crippen LogP contribution in [0.2, 0.25) is 0 Å². The van der Waals surface area contributed by atoms with Crippen LogP contribution in [-0.4, -0.2) is 23.8 Å². The summed E-state index contributed by atoms with van der Waals surface area (Å²) in [5, 5.41) is 3.52. The van der Waals surface area contributed by atoms with Gasteiger partial charge in [0.05, 0.1) is 6.04 Å². The Bertz CT molecular complexity index is 1220. The number of allylic oxidation sites excluding steroid dienone is 2. The molecule has 6 rings (SSSR count). The van der Waals surface area contributed by atoms with Gasteiger partial charge in [0.2, 0.25) is 11.8 Å². The minimum absolute atomic E-state index is 0.0283. The van der Waals surface area contributed by atoms with E-state index in [4.69, 9.17) is 0 Å². The molecule has 2 amide bonds. The lowest BCUT2D eigenvalue weighted by Gasteiger charge is -2.58. The number of nitrogens with one attached hydrogen (secondary N) is 1. The van der Waals surface area contributed by atoms with E-state index in [0.717, 1.165) is 44.9 Å². The van der Waals surface area contributed by atoms with Gasteiger partial charge >= 0.3 is 0 Å². The van der Waals surface area contributed by atoms with Crippen LogP contribution >= 0.6 is 0 Å². The summed E-state index contributed by atoms with van der Waals surface area (Å²) in [6.07, 6.45) is 10.2. The molecule has 4 aliphatic rings. The molecular weight excluding hydrogens is 468 g/mol. The summed E-state index contributed by atoms with van der Waals surface area (Å²) < 4.78 is 0. The molecule has 4 heteroatoms. The highest BCUT2D eigenvalue weighted by molar-refractivity contribution is 5.81. The predicted molar refractivity (Wildman–Crippen MR) is 151 cm³/mol. The van der Waals surface area contributed by atoms with Crippen molar-refractivity contribution in [1.82, 2.24) is 10.2 Å². The molecule has 4 nitrogen and oxygen atoms in total. The van der Waals surface area contributed by atoms with Crippen molar-refractivity contribution in [2.45, 2.75) is 71.3 Å². The fourth-order valence-corrected chi connectivity index (χ4v) is 9.07. The Morgan fingerprint density at radius 1 is 0.974 bits per heavy atom. The van der Waals surface area contributed by atoms with Gasteiger partial charge in [0.25, 0.3) is 0 Å². The number of carbonyl (C=O) groups is 2. The van der Waals surface area contributed by atoms with E-state index < -0.39 is 0 Å². The number of amides is 2. The van der Waals surface area contributed by atoms with E-state index in [1.165, 1.54) is 16.8 Å². The zero-order valence-electron chi connectivity index (χ0n) is 23.2. The van der Waals surface area contributed by atoms with Crippen LogP contribution in [0.5, 0.6) is 0 Å². The molecule has 2 aromatic rings. The van der Waals surface area contributed by atoms with Crippen LogP contribution in [0.3, 0.4) is 0 Å². The molecule has 0 spiro atoms. The number of hydrogen-bond acceptors (Lipinski definition) is 2. The van der Waals surface area contributed by atoms with Gasteiger partial charge in [0, 0.05) is 30.5 Å². The quantitative estimate of drug-likeness (QED) is 0.487. The monoisotopic (exact) mass is 510 g/mol. The molecule has 2 aromatic carbocycles. The van der Waals surface area contributed by atoms with Crippen molar-refractivity contribution in [2.75, 3.05) is 7.05 Å². The Balaban J connectivity index is 1.23. The lowest BCUT2D eigenvalue weighted by molar-refractivity contribution is -0.138. The molecule has 0 radical (unpaired) electrons. The molecule has 3 aliphatic carbocycles. The summed E-state index contributed by atoms with van der Waals surface area (Å²) in [6.45, 7) is 4.83.